The second-order valence-corrected chi connectivity index (χ2v) is 13.6. The molecule has 0 fully saturated rings. The Labute approximate surface area is 279 Å². The first-order valence-electron chi connectivity index (χ1n) is 16.8. The molecule has 0 spiro atoms. The minimum atomic E-state index is -0.0922. The first kappa shape index (κ1) is 27.2. The van der Waals surface area contributed by atoms with E-state index >= 15 is 0 Å². The van der Waals surface area contributed by atoms with E-state index in [1.165, 1.54) is 66.1 Å². The summed E-state index contributed by atoms with van der Waals surface area (Å²) < 4.78 is 6.49. The summed E-state index contributed by atoms with van der Waals surface area (Å²) >= 11 is 0. The first-order chi connectivity index (χ1) is 23.6. The van der Waals surface area contributed by atoms with Crippen molar-refractivity contribution in [1.29, 1.82) is 0 Å². The molecule has 0 saturated carbocycles. The molecule has 8 aromatic carbocycles. The van der Waals surface area contributed by atoms with Crippen LogP contribution in [0, 0.1) is 0 Å². The quantitative estimate of drug-likeness (QED) is 0.181. The zero-order valence-corrected chi connectivity index (χ0v) is 26.9. The zero-order chi connectivity index (χ0) is 32.0. The van der Waals surface area contributed by atoms with Gasteiger partial charge in [-0.2, -0.15) is 0 Å². The molecular formula is C47H32O. The summed E-state index contributed by atoms with van der Waals surface area (Å²) in [7, 11) is 0. The number of furan rings is 1. The molecule has 0 unspecified atom stereocenters. The van der Waals surface area contributed by atoms with Gasteiger partial charge < -0.3 is 4.42 Å². The molecular weight excluding hydrogens is 581 g/mol. The summed E-state index contributed by atoms with van der Waals surface area (Å²) in [5, 5.41) is 7.39. The van der Waals surface area contributed by atoms with Crippen molar-refractivity contribution < 1.29 is 4.42 Å². The molecule has 0 aliphatic heterocycles. The maximum atomic E-state index is 6.49. The largest absolute Gasteiger partial charge is 0.455 e. The van der Waals surface area contributed by atoms with Gasteiger partial charge in [0.05, 0.1) is 0 Å². The third-order valence-electron chi connectivity index (χ3n) is 10.7. The Morgan fingerprint density at radius 3 is 1.79 bits per heavy atom. The van der Waals surface area contributed by atoms with Crippen LogP contribution in [0.1, 0.15) is 25.0 Å². The summed E-state index contributed by atoms with van der Waals surface area (Å²) in [6.07, 6.45) is 0. The molecule has 0 atom stereocenters. The van der Waals surface area contributed by atoms with Crippen LogP contribution < -0.4 is 0 Å². The van der Waals surface area contributed by atoms with Gasteiger partial charge in [0, 0.05) is 21.8 Å². The van der Waals surface area contributed by atoms with E-state index in [4.69, 9.17) is 4.42 Å². The van der Waals surface area contributed by atoms with Gasteiger partial charge >= 0.3 is 0 Å². The van der Waals surface area contributed by atoms with Gasteiger partial charge in [0.2, 0.25) is 0 Å². The highest BCUT2D eigenvalue weighted by atomic mass is 16.3. The Balaban J connectivity index is 1.31. The van der Waals surface area contributed by atoms with Crippen molar-refractivity contribution in [1.82, 2.24) is 0 Å². The minimum Gasteiger partial charge on any atom is -0.455 e. The summed E-state index contributed by atoms with van der Waals surface area (Å²) in [4.78, 5) is 0. The molecule has 226 valence electrons. The normalized spacial score (nSPS) is 13.4. The van der Waals surface area contributed by atoms with Crippen molar-refractivity contribution in [2.75, 3.05) is 0 Å². The van der Waals surface area contributed by atoms with Crippen LogP contribution in [-0.2, 0) is 5.41 Å². The molecule has 1 nitrogen and oxygen atoms in total. The number of hydrogen-bond donors (Lipinski definition) is 0. The second kappa shape index (κ2) is 10.0. The Morgan fingerprint density at radius 2 is 0.958 bits per heavy atom. The van der Waals surface area contributed by atoms with E-state index in [1.54, 1.807) is 0 Å². The number of fused-ring (bicyclic) bond motifs is 8. The Bertz CT molecular complexity index is 2740. The van der Waals surface area contributed by atoms with E-state index < -0.39 is 0 Å². The molecule has 9 aromatic rings. The van der Waals surface area contributed by atoms with Gasteiger partial charge in [0.25, 0.3) is 0 Å². The highest BCUT2D eigenvalue weighted by Gasteiger charge is 2.36. The molecule has 1 aliphatic carbocycles. The molecule has 0 amide bonds. The van der Waals surface area contributed by atoms with Crippen molar-refractivity contribution in [3.05, 3.63) is 169 Å². The predicted octanol–water partition coefficient (Wildman–Crippen LogP) is 13.2. The highest BCUT2D eigenvalue weighted by molar-refractivity contribution is 6.22. The minimum absolute atomic E-state index is 0.0922. The Kier molecular flexibility index (Phi) is 5.69. The average molecular weight is 613 g/mol. The zero-order valence-electron chi connectivity index (χ0n) is 26.9. The van der Waals surface area contributed by atoms with E-state index in [0.717, 1.165) is 33.1 Å². The van der Waals surface area contributed by atoms with E-state index in [1.807, 2.05) is 6.07 Å². The van der Waals surface area contributed by atoms with Crippen molar-refractivity contribution >= 4 is 43.5 Å². The van der Waals surface area contributed by atoms with Crippen molar-refractivity contribution in [2.45, 2.75) is 19.3 Å². The first-order valence-corrected chi connectivity index (χ1v) is 16.8. The van der Waals surface area contributed by atoms with Gasteiger partial charge in [-0.3, -0.25) is 0 Å². The van der Waals surface area contributed by atoms with E-state index in [-0.39, 0.29) is 5.41 Å². The maximum absolute atomic E-state index is 6.49. The predicted molar refractivity (Wildman–Crippen MR) is 203 cm³/mol. The Morgan fingerprint density at radius 1 is 0.375 bits per heavy atom. The fourth-order valence-electron chi connectivity index (χ4n) is 8.41. The SMILES string of the molecule is CC1(C)c2ccccc2-c2cc3c(-c4cccc(-c5cccc6c5oc5ccccc56)c4)c4ccccc4c(-c4ccccc4)c3cc21. The van der Waals surface area contributed by atoms with Crippen molar-refractivity contribution in [2.24, 2.45) is 0 Å². The van der Waals surface area contributed by atoms with Crippen LogP contribution in [0.3, 0.4) is 0 Å². The smallest absolute Gasteiger partial charge is 0.143 e. The molecule has 0 radical (unpaired) electrons. The maximum Gasteiger partial charge on any atom is 0.143 e. The molecule has 0 N–H and O–H groups in total. The third kappa shape index (κ3) is 3.79. The summed E-state index contributed by atoms with van der Waals surface area (Å²) in [6.45, 7) is 4.74. The number of rotatable bonds is 3. The van der Waals surface area contributed by atoms with Gasteiger partial charge in [0.1, 0.15) is 11.2 Å². The van der Waals surface area contributed by atoms with E-state index in [9.17, 15) is 0 Å². The van der Waals surface area contributed by atoms with Crippen molar-refractivity contribution in [3.63, 3.8) is 0 Å². The standard InChI is InChI=1S/C47H32O/c1-47(2)41-24-10-8-18-33(41)38-27-39-40(28-42(38)47)44(29-14-4-3-5-15-29)35-20-6-7-21-36(35)45(39)31-17-12-16-30(26-31)32-22-13-23-37-34-19-9-11-25-43(34)48-46(32)37/h3-28H,1-2H3. The molecule has 0 saturated heterocycles. The molecule has 10 rings (SSSR count). The lowest BCUT2D eigenvalue weighted by molar-refractivity contribution is 0.661. The summed E-state index contributed by atoms with van der Waals surface area (Å²) in [6, 6.07) is 57.7. The van der Waals surface area contributed by atoms with Gasteiger partial charge in [-0.05, 0) is 95.9 Å². The van der Waals surface area contributed by atoms with Crippen LogP contribution in [0.15, 0.2) is 162 Å². The molecule has 1 heterocycles. The van der Waals surface area contributed by atoms with Gasteiger partial charge in [-0.15, -0.1) is 0 Å². The Hall–Kier alpha value is -5.92. The molecule has 1 aliphatic rings. The van der Waals surface area contributed by atoms with Crippen LogP contribution in [0.4, 0.5) is 0 Å². The lowest BCUT2D eigenvalue weighted by Gasteiger charge is -2.24. The lowest BCUT2D eigenvalue weighted by atomic mass is 9.79. The fraction of sp³-hybridized carbons (Fsp3) is 0.0638. The van der Waals surface area contributed by atoms with Gasteiger partial charge in [-0.1, -0.05) is 147 Å². The van der Waals surface area contributed by atoms with Crippen LogP contribution in [-0.4, -0.2) is 0 Å². The number of benzene rings is 8. The molecule has 48 heavy (non-hydrogen) atoms. The fourth-order valence-corrected chi connectivity index (χ4v) is 8.41. The summed E-state index contributed by atoms with van der Waals surface area (Å²) in [5.41, 5.74) is 14.5. The van der Waals surface area contributed by atoms with E-state index in [2.05, 4.69) is 166 Å². The highest BCUT2D eigenvalue weighted by Crippen LogP contribution is 2.53. The van der Waals surface area contributed by atoms with Crippen molar-refractivity contribution in [3.8, 4) is 44.5 Å². The number of para-hydroxylation sites is 2. The third-order valence-corrected chi connectivity index (χ3v) is 10.7. The van der Waals surface area contributed by atoms with Crippen LogP contribution in [0.25, 0.3) is 88.0 Å². The summed E-state index contributed by atoms with van der Waals surface area (Å²) in [5.74, 6) is 0. The monoisotopic (exact) mass is 612 g/mol. The topological polar surface area (TPSA) is 13.1 Å². The van der Waals surface area contributed by atoms with Gasteiger partial charge in [-0.25, -0.2) is 0 Å². The second-order valence-electron chi connectivity index (χ2n) is 13.6. The molecule has 0 bridgehead atoms. The average Bonchev–Trinajstić information content (AvgIpc) is 3.62. The van der Waals surface area contributed by atoms with Crippen LogP contribution in [0.2, 0.25) is 0 Å². The van der Waals surface area contributed by atoms with E-state index in [0.29, 0.717) is 0 Å². The molecule has 1 heteroatoms. The lowest BCUT2D eigenvalue weighted by Crippen LogP contribution is -2.14. The molecule has 1 aromatic heterocycles. The van der Waals surface area contributed by atoms with Crippen LogP contribution >= 0.6 is 0 Å². The van der Waals surface area contributed by atoms with Gasteiger partial charge in [0.15, 0.2) is 0 Å². The van der Waals surface area contributed by atoms with Crippen LogP contribution in [0.5, 0.6) is 0 Å². The number of hydrogen-bond acceptors (Lipinski definition) is 1.